The number of benzene rings is 2. The van der Waals surface area contributed by atoms with E-state index in [-0.39, 0.29) is 11.8 Å². The van der Waals surface area contributed by atoms with Crippen molar-refractivity contribution in [3.05, 3.63) is 59.2 Å². The molecule has 0 saturated carbocycles. The Morgan fingerprint density at radius 1 is 1.03 bits per heavy atom. The van der Waals surface area contributed by atoms with Crippen LogP contribution in [0.4, 0.5) is 0 Å². The highest BCUT2D eigenvalue weighted by atomic mass is 32.2. The maximum absolute atomic E-state index is 14.1. The van der Waals surface area contributed by atoms with E-state index in [0.717, 1.165) is 73.8 Å². The van der Waals surface area contributed by atoms with Crippen LogP contribution in [0.5, 0.6) is 5.75 Å². The first-order valence-corrected chi connectivity index (χ1v) is 15.5. The molecule has 0 radical (unpaired) electrons. The summed E-state index contributed by atoms with van der Waals surface area (Å²) in [6, 6.07) is 14.3. The van der Waals surface area contributed by atoms with Crippen LogP contribution in [0.3, 0.4) is 0 Å². The summed E-state index contributed by atoms with van der Waals surface area (Å²) in [6.07, 6.45) is 7.83. The number of sulfone groups is 1. The topological polar surface area (TPSA) is 67.4 Å². The molecule has 0 saturated heterocycles. The van der Waals surface area contributed by atoms with Crippen LogP contribution < -0.4 is 15.4 Å². The van der Waals surface area contributed by atoms with Gasteiger partial charge in [0.05, 0.1) is 23.8 Å². The first-order valence-electron chi connectivity index (χ1n) is 13.8. The molecule has 2 aromatic rings. The van der Waals surface area contributed by atoms with Gasteiger partial charge in [-0.2, -0.15) is 0 Å². The van der Waals surface area contributed by atoms with Crippen molar-refractivity contribution in [1.29, 1.82) is 0 Å². The monoisotopic (exact) mass is 514 g/mol. The van der Waals surface area contributed by atoms with E-state index in [1.165, 1.54) is 0 Å². The van der Waals surface area contributed by atoms with Crippen molar-refractivity contribution in [3.8, 4) is 5.75 Å². The lowest BCUT2D eigenvalue weighted by Crippen LogP contribution is -2.50. The zero-order valence-electron chi connectivity index (χ0n) is 22.9. The maximum atomic E-state index is 14.1. The number of rotatable bonds is 13. The maximum Gasteiger partial charge on any atom is 0.180 e. The van der Waals surface area contributed by atoms with Crippen LogP contribution in [0, 0.1) is 0 Å². The van der Waals surface area contributed by atoms with Crippen LogP contribution in [0.25, 0.3) is 0 Å². The lowest BCUT2D eigenvalue weighted by Gasteiger charge is -2.37. The lowest BCUT2D eigenvalue weighted by atomic mass is 9.86. The lowest BCUT2D eigenvalue weighted by molar-refractivity contribution is 0.278. The molecule has 2 N–H and O–H groups in total. The fraction of sp³-hybridized carbons (Fsp3) is 0.600. The molecule has 5 nitrogen and oxygen atoms in total. The summed E-state index contributed by atoms with van der Waals surface area (Å²) in [5.41, 5.74) is 2.30. The minimum Gasteiger partial charge on any atom is -0.496 e. The van der Waals surface area contributed by atoms with E-state index in [9.17, 15) is 8.42 Å². The average molecular weight is 515 g/mol. The molecule has 0 amide bonds. The number of fused-ring (bicyclic) bond motifs is 1. The Morgan fingerprint density at radius 3 is 2.22 bits per heavy atom. The Kier molecular flexibility index (Phi) is 10.4. The van der Waals surface area contributed by atoms with Crippen LogP contribution >= 0.6 is 0 Å². The predicted octanol–water partition coefficient (Wildman–Crippen LogP) is 6.56. The van der Waals surface area contributed by atoms with Gasteiger partial charge in [-0.1, -0.05) is 83.7 Å². The van der Waals surface area contributed by atoms with Crippen molar-refractivity contribution in [3.63, 3.8) is 0 Å². The number of hydrogen-bond donors (Lipinski definition) is 2. The third kappa shape index (κ3) is 6.70. The molecule has 200 valence electrons. The van der Waals surface area contributed by atoms with Gasteiger partial charge in [0.25, 0.3) is 0 Å². The Labute approximate surface area is 219 Å². The fourth-order valence-electron chi connectivity index (χ4n) is 5.49. The van der Waals surface area contributed by atoms with Gasteiger partial charge >= 0.3 is 0 Å². The molecule has 1 aliphatic heterocycles. The number of hydrogen-bond acceptors (Lipinski definition) is 5. The second-order valence-corrected chi connectivity index (χ2v) is 12.3. The Morgan fingerprint density at radius 2 is 1.67 bits per heavy atom. The minimum absolute atomic E-state index is 0.127. The second kappa shape index (κ2) is 13.1. The molecule has 0 bridgehead atoms. The molecule has 1 heterocycles. The number of nitrogens with one attached hydrogen (secondary N) is 2. The number of methoxy groups -OCH3 is 1. The zero-order chi connectivity index (χ0) is 26.2. The van der Waals surface area contributed by atoms with Crippen LogP contribution in [0.1, 0.15) is 102 Å². The van der Waals surface area contributed by atoms with E-state index in [2.05, 4.69) is 50.5 Å². The van der Waals surface area contributed by atoms with Gasteiger partial charge in [0, 0.05) is 23.7 Å². The molecule has 1 aliphatic rings. The molecule has 0 fully saturated rings. The summed E-state index contributed by atoms with van der Waals surface area (Å²) >= 11 is 0. The summed E-state index contributed by atoms with van der Waals surface area (Å²) in [4.78, 5) is 0.445. The molecular weight excluding hydrogens is 468 g/mol. The van der Waals surface area contributed by atoms with E-state index in [4.69, 9.17) is 4.74 Å². The molecule has 3 rings (SSSR count). The van der Waals surface area contributed by atoms with Gasteiger partial charge in [0.1, 0.15) is 5.75 Å². The van der Waals surface area contributed by atoms with Crippen LogP contribution in [0.2, 0.25) is 0 Å². The van der Waals surface area contributed by atoms with E-state index in [0.29, 0.717) is 17.5 Å². The van der Waals surface area contributed by atoms with Crippen molar-refractivity contribution in [2.75, 3.05) is 12.9 Å². The van der Waals surface area contributed by atoms with E-state index >= 15 is 0 Å². The fourth-order valence-corrected chi connectivity index (χ4v) is 7.60. The van der Waals surface area contributed by atoms with Gasteiger partial charge in [0.2, 0.25) is 0 Å². The predicted molar refractivity (Wildman–Crippen MR) is 149 cm³/mol. The molecule has 0 spiro atoms. The highest BCUT2D eigenvalue weighted by Crippen LogP contribution is 2.41. The highest BCUT2D eigenvalue weighted by molar-refractivity contribution is 7.91. The quantitative estimate of drug-likeness (QED) is 0.317. The smallest absolute Gasteiger partial charge is 0.180 e. The van der Waals surface area contributed by atoms with Gasteiger partial charge < -0.3 is 10.1 Å². The van der Waals surface area contributed by atoms with Crippen molar-refractivity contribution in [2.24, 2.45) is 0 Å². The van der Waals surface area contributed by atoms with Crippen LogP contribution in [-0.4, -0.2) is 32.9 Å². The molecule has 36 heavy (non-hydrogen) atoms. The van der Waals surface area contributed by atoms with Gasteiger partial charge in [0.15, 0.2) is 9.84 Å². The van der Waals surface area contributed by atoms with Crippen molar-refractivity contribution >= 4 is 9.84 Å². The summed E-state index contributed by atoms with van der Waals surface area (Å²) in [5.74, 6) is 0.863. The SMILES string of the molecule is CCCCC1(CCCC)CS(=O)(=O)c2cc(CNC(CC)CC)c(OC)cc2C(c2ccccc2)N1. The van der Waals surface area contributed by atoms with Crippen molar-refractivity contribution in [1.82, 2.24) is 10.6 Å². The molecule has 0 aromatic heterocycles. The van der Waals surface area contributed by atoms with Crippen molar-refractivity contribution in [2.45, 2.75) is 108 Å². The van der Waals surface area contributed by atoms with E-state index in [1.54, 1.807) is 7.11 Å². The third-order valence-corrected chi connectivity index (χ3v) is 9.65. The Hall–Kier alpha value is -1.89. The zero-order valence-corrected chi connectivity index (χ0v) is 23.7. The standard InChI is InChI=1S/C30H46N2O3S/c1-6-10-17-30(18-11-7-2)22-36(33,34)28-19-24(21-31-25(8-3)9-4)27(35-5)20-26(28)29(32-30)23-15-13-12-14-16-23/h12-16,19-20,25,29,31-32H,6-11,17-18,21-22H2,1-5H3. The number of ether oxygens (including phenoxy) is 1. The minimum atomic E-state index is -3.53. The first kappa shape index (κ1) is 28.7. The summed E-state index contributed by atoms with van der Waals surface area (Å²) in [5, 5.41) is 7.50. The van der Waals surface area contributed by atoms with Crippen molar-refractivity contribution < 1.29 is 13.2 Å². The Balaban J connectivity index is 2.18. The normalized spacial score (nSPS) is 18.6. The summed E-state index contributed by atoms with van der Waals surface area (Å²) < 4.78 is 34.0. The molecule has 1 unspecified atom stereocenters. The van der Waals surface area contributed by atoms with E-state index < -0.39 is 15.4 Å². The third-order valence-electron chi connectivity index (χ3n) is 7.69. The molecule has 6 heteroatoms. The average Bonchev–Trinajstić information content (AvgIpc) is 2.98. The Bertz CT molecular complexity index is 1060. The molecule has 0 aliphatic carbocycles. The second-order valence-electron chi connectivity index (χ2n) is 10.3. The van der Waals surface area contributed by atoms with Crippen LogP contribution in [0.15, 0.2) is 47.4 Å². The summed E-state index contributed by atoms with van der Waals surface area (Å²) in [6.45, 7) is 9.27. The van der Waals surface area contributed by atoms with Gasteiger partial charge in [-0.05, 0) is 48.9 Å². The van der Waals surface area contributed by atoms with Gasteiger partial charge in [-0.3, -0.25) is 5.32 Å². The van der Waals surface area contributed by atoms with Gasteiger partial charge in [-0.15, -0.1) is 0 Å². The molecule has 1 atom stereocenters. The van der Waals surface area contributed by atoms with Crippen LogP contribution in [-0.2, 0) is 16.4 Å². The number of unbranched alkanes of at least 4 members (excludes halogenated alkanes) is 2. The molecule has 2 aromatic carbocycles. The van der Waals surface area contributed by atoms with E-state index in [1.807, 2.05) is 30.3 Å². The largest absolute Gasteiger partial charge is 0.496 e. The first-order chi connectivity index (χ1) is 17.3. The summed E-state index contributed by atoms with van der Waals surface area (Å²) in [7, 11) is -1.86. The molecular formula is C30H46N2O3S. The van der Waals surface area contributed by atoms with Gasteiger partial charge in [-0.25, -0.2) is 8.42 Å². The highest BCUT2D eigenvalue weighted by Gasteiger charge is 2.42.